The van der Waals surface area contributed by atoms with E-state index in [9.17, 15) is 4.79 Å². The van der Waals surface area contributed by atoms with Crippen LogP contribution >= 0.6 is 0 Å². The van der Waals surface area contributed by atoms with Crippen molar-refractivity contribution in [3.8, 4) is 0 Å². The smallest absolute Gasteiger partial charge is 0.227 e. The normalized spacial score (nSPS) is 10.9. The molecular weight excluding hydrogens is 250 g/mol. The Morgan fingerprint density at radius 3 is 2.45 bits per heavy atom. The molecule has 2 N–H and O–H groups in total. The molecule has 0 aliphatic carbocycles. The Balaban J connectivity index is 2.48. The van der Waals surface area contributed by atoms with Crippen LogP contribution in [0.5, 0.6) is 0 Å². The fourth-order valence-electron chi connectivity index (χ4n) is 1.97. The summed E-state index contributed by atoms with van der Waals surface area (Å²) >= 11 is 0. The zero-order valence-electron chi connectivity index (χ0n) is 13.1. The van der Waals surface area contributed by atoms with Gasteiger partial charge in [-0.15, -0.1) is 0 Å². The highest BCUT2D eigenvalue weighted by Gasteiger charge is 2.13. The second-order valence-electron chi connectivity index (χ2n) is 5.54. The first kappa shape index (κ1) is 16.5. The number of carbonyl (C=O) groups is 1. The van der Waals surface area contributed by atoms with Crippen LogP contribution in [-0.4, -0.2) is 17.4 Å². The summed E-state index contributed by atoms with van der Waals surface area (Å²) in [5.41, 5.74) is 0.760. The number of hydrogen-bond donors (Lipinski definition) is 2. The second-order valence-corrected chi connectivity index (χ2v) is 5.54. The largest absolute Gasteiger partial charge is 0.370 e. The van der Waals surface area contributed by atoms with Crippen molar-refractivity contribution < 1.29 is 4.79 Å². The molecule has 1 aromatic rings. The number of rotatable bonds is 8. The van der Waals surface area contributed by atoms with E-state index in [-0.39, 0.29) is 11.8 Å². The molecule has 0 aromatic carbocycles. The van der Waals surface area contributed by atoms with Gasteiger partial charge in [0, 0.05) is 12.5 Å². The van der Waals surface area contributed by atoms with Gasteiger partial charge in [-0.2, -0.15) is 0 Å². The number of nitrogens with one attached hydrogen (secondary N) is 2. The van der Waals surface area contributed by atoms with Crippen molar-refractivity contribution in [1.29, 1.82) is 0 Å². The Morgan fingerprint density at radius 1 is 1.25 bits per heavy atom. The first-order valence-corrected chi connectivity index (χ1v) is 7.57. The quantitative estimate of drug-likeness (QED) is 0.757. The van der Waals surface area contributed by atoms with Crippen molar-refractivity contribution in [2.75, 3.05) is 17.2 Å². The number of hydrogen-bond acceptors (Lipinski definition) is 3. The summed E-state index contributed by atoms with van der Waals surface area (Å²) in [4.78, 5) is 16.3. The van der Waals surface area contributed by atoms with Crippen LogP contribution in [-0.2, 0) is 4.79 Å². The second kappa shape index (κ2) is 8.56. The highest BCUT2D eigenvalue weighted by Crippen LogP contribution is 2.14. The van der Waals surface area contributed by atoms with Crippen molar-refractivity contribution in [3.05, 3.63) is 18.3 Å². The summed E-state index contributed by atoms with van der Waals surface area (Å²) in [7, 11) is 0. The molecule has 112 valence electrons. The lowest BCUT2D eigenvalue weighted by Gasteiger charge is -2.13. The molecule has 0 atom stereocenters. The van der Waals surface area contributed by atoms with Crippen molar-refractivity contribution in [2.45, 2.75) is 47.0 Å². The summed E-state index contributed by atoms with van der Waals surface area (Å²) in [6.45, 7) is 9.39. The third-order valence-electron chi connectivity index (χ3n) is 3.42. The van der Waals surface area contributed by atoms with Gasteiger partial charge in [-0.05, 0) is 37.3 Å². The Hall–Kier alpha value is -1.58. The van der Waals surface area contributed by atoms with Crippen molar-refractivity contribution in [1.82, 2.24) is 4.98 Å². The maximum Gasteiger partial charge on any atom is 0.227 e. The number of carbonyl (C=O) groups excluding carboxylic acids is 1. The Bertz CT molecular complexity index is 397. The fraction of sp³-hybridized carbons (Fsp3) is 0.625. The number of aromatic nitrogens is 1. The van der Waals surface area contributed by atoms with E-state index in [4.69, 9.17) is 0 Å². The molecule has 1 rings (SSSR count). The van der Waals surface area contributed by atoms with Gasteiger partial charge in [-0.1, -0.05) is 27.7 Å². The van der Waals surface area contributed by atoms with Gasteiger partial charge in [-0.25, -0.2) is 4.98 Å². The standard InChI is InChI=1S/C16H27N3O/c1-5-13(6-2)16(20)19-14-7-8-15(18-11-14)17-10-9-12(3)4/h7-8,11-13H,5-6,9-10H2,1-4H3,(H,17,18)(H,19,20). The van der Waals surface area contributed by atoms with E-state index < -0.39 is 0 Å². The van der Waals surface area contributed by atoms with Crippen LogP contribution in [0.15, 0.2) is 18.3 Å². The highest BCUT2D eigenvalue weighted by molar-refractivity contribution is 5.92. The number of anilines is 2. The lowest BCUT2D eigenvalue weighted by Crippen LogP contribution is -2.21. The molecule has 0 saturated heterocycles. The van der Waals surface area contributed by atoms with Gasteiger partial charge in [-0.3, -0.25) is 4.79 Å². The molecule has 1 aromatic heterocycles. The SMILES string of the molecule is CCC(CC)C(=O)Nc1ccc(NCCC(C)C)nc1. The van der Waals surface area contributed by atoms with E-state index in [1.54, 1.807) is 6.20 Å². The molecule has 0 unspecified atom stereocenters. The monoisotopic (exact) mass is 277 g/mol. The van der Waals surface area contributed by atoms with Crippen LogP contribution < -0.4 is 10.6 Å². The van der Waals surface area contributed by atoms with Gasteiger partial charge in [0.15, 0.2) is 0 Å². The maximum atomic E-state index is 12.0. The molecule has 0 saturated carbocycles. The molecule has 1 amide bonds. The minimum Gasteiger partial charge on any atom is -0.370 e. The lowest BCUT2D eigenvalue weighted by atomic mass is 10.0. The van der Waals surface area contributed by atoms with Crippen molar-refractivity contribution >= 4 is 17.4 Å². The van der Waals surface area contributed by atoms with Crippen molar-refractivity contribution in [3.63, 3.8) is 0 Å². The van der Waals surface area contributed by atoms with E-state index in [2.05, 4.69) is 29.5 Å². The molecule has 1 heterocycles. The molecule has 0 fully saturated rings. The van der Waals surface area contributed by atoms with E-state index in [1.165, 1.54) is 0 Å². The predicted molar refractivity (Wildman–Crippen MR) is 84.9 cm³/mol. The van der Waals surface area contributed by atoms with Crippen LogP contribution in [0.3, 0.4) is 0 Å². The van der Waals surface area contributed by atoms with Gasteiger partial charge in [0.1, 0.15) is 5.82 Å². The topological polar surface area (TPSA) is 54.0 Å². The third kappa shape index (κ3) is 5.59. The number of pyridine rings is 1. The first-order valence-electron chi connectivity index (χ1n) is 7.57. The Kier molecular flexibility index (Phi) is 7.05. The summed E-state index contributed by atoms with van der Waals surface area (Å²) in [5.74, 6) is 1.70. The summed E-state index contributed by atoms with van der Waals surface area (Å²) in [6.07, 6.45) is 4.56. The summed E-state index contributed by atoms with van der Waals surface area (Å²) in [5, 5.41) is 6.19. The average Bonchev–Trinajstić information content (AvgIpc) is 2.42. The molecule has 0 aliphatic heterocycles. The molecule has 4 heteroatoms. The lowest BCUT2D eigenvalue weighted by molar-refractivity contribution is -0.120. The molecule has 20 heavy (non-hydrogen) atoms. The van der Waals surface area contributed by atoms with E-state index in [1.807, 2.05) is 26.0 Å². The van der Waals surface area contributed by atoms with E-state index >= 15 is 0 Å². The minimum atomic E-state index is 0.0808. The van der Waals surface area contributed by atoms with Crippen LogP contribution in [0, 0.1) is 11.8 Å². The van der Waals surface area contributed by atoms with Gasteiger partial charge < -0.3 is 10.6 Å². The van der Waals surface area contributed by atoms with Crippen LogP contribution in [0.1, 0.15) is 47.0 Å². The Labute approximate surface area is 122 Å². The molecule has 4 nitrogen and oxygen atoms in total. The number of nitrogens with zero attached hydrogens (tertiary/aromatic N) is 1. The molecular formula is C16H27N3O. The summed E-state index contributed by atoms with van der Waals surface area (Å²) in [6, 6.07) is 3.80. The fourth-order valence-corrected chi connectivity index (χ4v) is 1.97. The summed E-state index contributed by atoms with van der Waals surface area (Å²) < 4.78 is 0. The maximum absolute atomic E-state index is 12.0. The molecule has 0 spiro atoms. The molecule has 0 aliphatic rings. The van der Waals surface area contributed by atoms with Crippen molar-refractivity contribution in [2.24, 2.45) is 11.8 Å². The first-order chi connectivity index (χ1) is 9.56. The zero-order chi connectivity index (χ0) is 15.0. The highest BCUT2D eigenvalue weighted by atomic mass is 16.1. The van der Waals surface area contributed by atoms with Crippen LogP contribution in [0.25, 0.3) is 0 Å². The van der Waals surface area contributed by atoms with Gasteiger partial charge >= 0.3 is 0 Å². The zero-order valence-corrected chi connectivity index (χ0v) is 13.1. The van der Waals surface area contributed by atoms with Crippen LogP contribution in [0.2, 0.25) is 0 Å². The number of amides is 1. The average molecular weight is 277 g/mol. The molecule has 0 bridgehead atoms. The van der Waals surface area contributed by atoms with Gasteiger partial charge in [0.05, 0.1) is 11.9 Å². The van der Waals surface area contributed by atoms with Gasteiger partial charge in [0.25, 0.3) is 0 Å². The van der Waals surface area contributed by atoms with Gasteiger partial charge in [0.2, 0.25) is 5.91 Å². The van der Waals surface area contributed by atoms with Crippen LogP contribution in [0.4, 0.5) is 11.5 Å². The minimum absolute atomic E-state index is 0.0808. The molecule has 0 radical (unpaired) electrons. The van der Waals surface area contributed by atoms with E-state index in [0.29, 0.717) is 5.92 Å². The van der Waals surface area contributed by atoms with E-state index in [0.717, 1.165) is 37.3 Å². The Morgan fingerprint density at radius 2 is 1.95 bits per heavy atom. The third-order valence-corrected chi connectivity index (χ3v) is 3.42. The predicted octanol–water partition coefficient (Wildman–Crippen LogP) is 3.91.